The number of amides is 1. The average Bonchev–Trinajstić information content (AvgIpc) is 3.15. The number of carbonyl (C=O) groups is 2. The minimum Gasteiger partial charge on any atom is -0.458 e. The Bertz CT molecular complexity index is 933. The van der Waals surface area contributed by atoms with Crippen LogP contribution in [0.25, 0.3) is 0 Å². The van der Waals surface area contributed by atoms with Crippen LogP contribution >= 0.6 is 0 Å². The molecular formula is C28H44N2O4Si. The topological polar surface area (TPSA) is 68.2 Å². The summed E-state index contributed by atoms with van der Waals surface area (Å²) in [5, 5.41) is 6.11. The first-order chi connectivity index (χ1) is 16.2. The molecule has 1 fully saturated rings. The lowest BCUT2D eigenvalue weighted by atomic mass is 9.75. The highest BCUT2D eigenvalue weighted by Gasteiger charge is 2.52. The Morgan fingerprint density at radius 2 is 1.71 bits per heavy atom. The van der Waals surface area contributed by atoms with E-state index in [9.17, 15) is 9.59 Å². The molecule has 0 saturated heterocycles. The summed E-state index contributed by atoms with van der Waals surface area (Å²) < 4.78 is 12.0. The summed E-state index contributed by atoms with van der Waals surface area (Å²) in [5.41, 5.74) is 0.368. The van der Waals surface area contributed by atoms with Gasteiger partial charge in [0.25, 0.3) is 0 Å². The van der Waals surface area contributed by atoms with Crippen LogP contribution in [0.2, 0.25) is 19.6 Å². The van der Waals surface area contributed by atoms with E-state index in [2.05, 4.69) is 45.5 Å². The lowest BCUT2D eigenvalue weighted by Gasteiger charge is -2.37. The van der Waals surface area contributed by atoms with Gasteiger partial charge in [0.1, 0.15) is 11.7 Å². The molecule has 0 bridgehead atoms. The van der Waals surface area contributed by atoms with Gasteiger partial charge in [-0.25, -0.2) is 9.59 Å². The molecule has 5 atom stereocenters. The lowest BCUT2D eigenvalue weighted by molar-refractivity contribution is -0.147. The zero-order valence-electron chi connectivity index (χ0n) is 23.0. The molecule has 3 rings (SSSR count). The van der Waals surface area contributed by atoms with E-state index in [1.807, 2.05) is 51.1 Å². The molecule has 1 aromatic carbocycles. The molecule has 0 spiro atoms. The van der Waals surface area contributed by atoms with Crippen molar-refractivity contribution >= 4 is 25.8 Å². The van der Waals surface area contributed by atoms with Crippen molar-refractivity contribution in [1.82, 2.24) is 5.01 Å². The zero-order chi connectivity index (χ0) is 26.1. The number of benzene rings is 1. The van der Waals surface area contributed by atoms with E-state index in [1.54, 1.807) is 0 Å². The van der Waals surface area contributed by atoms with Crippen LogP contribution in [-0.4, -0.2) is 48.2 Å². The van der Waals surface area contributed by atoms with Crippen LogP contribution in [0.15, 0.2) is 35.4 Å². The van der Waals surface area contributed by atoms with E-state index in [0.29, 0.717) is 23.5 Å². The molecule has 0 radical (unpaired) electrons. The number of esters is 1. The smallest absolute Gasteiger partial charge is 0.430 e. The summed E-state index contributed by atoms with van der Waals surface area (Å²) in [6.07, 6.45) is 2.44. The first-order valence-corrected chi connectivity index (χ1v) is 16.6. The number of hydrazone groups is 1. The van der Waals surface area contributed by atoms with Crippen LogP contribution in [0.4, 0.5) is 4.79 Å². The van der Waals surface area contributed by atoms with E-state index < -0.39 is 25.7 Å². The number of ether oxygens (including phenoxy) is 2. The summed E-state index contributed by atoms with van der Waals surface area (Å²) in [5.74, 6) is 0.538. The van der Waals surface area contributed by atoms with Gasteiger partial charge in [-0.05, 0) is 56.9 Å². The molecule has 1 heterocycles. The van der Waals surface area contributed by atoms with Gasteiger partial charge in [-0.1, -0.05) is 77.2 Å². The van der Waals surface area contributed by atoms with Crippen LogP contribution in [0.1, 0.15) is 72.3 Å². The first-order valence-electron chi connectivity index (χ1n) is 13.1. The summed E-state index contributed by atoms with van der Waals surface area (Å²) in [6, 6.07) is 9.91. The van der Waals surface area contributed by atoms with Crippen LogP contribution in [0.5, 0.6) is 0 Å². The maximum absolute atomic E-state index is 13.8. The monoisotopic (exact) mass is 500 g/mol. The van der Waals surface area contributed by atoms with Crippen molar-refractivity contribution in [2.45, 2.75) is 104 Å². The van der Waals surface area contributed by atoms with Crippen molar-refractivity contribution in [2.24, 2.45) is 22.9 Å². The third kappa shape index (κ3) is 6.54. The largest absolute Gasteiger partial charge is 0.458 e. The van der Waals surface area contributed by atoms with Crippen molar-refractivity contribution < 1.29 is 19.1 Å². The first kappa shape index (κ1) is 27.4. The lowest BCUT2D eigenvalue weighted by Crippen LogP contribution is -2.53. The molecule has 0 N–H and O–H groups in total. The number of hydrogen-bond acceptors (Lipinski definition) is 5. The molecule has 1 saturated carbocycles. The van der Waals surface area contributed by atoms with Gasteiger partial charge >= 0.3 is 12.1 Å². The maximum Gasteiger partial charge on any atom is 0.430 e. The second-order valence-electron chi connectivity index (χ2n) is 12.8. The Labute approximate surface area is 212 Å². The molecule has 3 unspecified atom stereocenters. The molecule has 2 aliphatic rings. The molecule has 194 valence electrons. The van der Waals surface area contributed by atoms with E-state index in [4.69, 9.17) is 9.47 Å². The molecular weight excluding hydrogens is 456 g/mol. The normalized spacial score (nSPS) is 27.5. The van der Waals surface area contributed by atoms with Crippen molar-refractivity contribution in [3.63, 3.8) is 0 Å². The van der Waals surface area contributed by atoms with Crippen LogP contribution in [-0.2, 0) is 14.3 Å². The van der Waals surface area contributed by atoms with E-state index in [1.165, 1.54) is 5.01 Å². The van der Waals surface area contributed by atoms with Gasteiger partial charge in [0.15, 0.2) is 5.71 Å². The third-order valence-corrected chi connectivity index (χ3v) is 9.50. The molecule has 1 aromatic rings. The van der Waals surface area contributed by atoms with Crippen molar-refractivity contribution in [3.8, 4) is 0 Å². The molecule has 7 heteroatoms. The van der Waals surface area contributed by atoms with Crippen molar-refractivity contribution in [1.29, 1.82) is 0 Å². The highest BCUT2D eigenvalue weighted by molar-refractivity contribution is 6.78. The molecule has 6 nitrogen and oxygen atoms in total. The van der Waals surface area contributed by atoms with E-state index in [-0.39, 0.29) is 17.7 Å². The Hall–Kier alpha value is -2.15. The molecule has 1 amide bonds. The summed E-state index contributed by atoms with van der Waals surface area (Å²) in [4.78, 5) is 27.1. The van der Waals surface area contributed by atoms with Crippen LogP contribution in [0, 0.1) is 17.8 Å². The number of nitrogens with zero attached hydrogens (tertiary/aromatic N) is 2. The highest BCUT2D eigenvalue weighted by Crippen LogP contribution is 2.40. The predicted octanol–water partition coefficient (Wildman–Crippen LogP) is 6.63. The molecule has 1 aliphatic carbocycles. The Morgan fingerprint density at radius 1 is 1.09 bits per heavy atom. The van der Waals surface area contributed by atoms with Gasteiger partial charge in [-0.3, -0.25) is 0 Å². The minimum atomic E-state index is -2.05. The third-order valence-electron chi connectivity index (χ3n) is 7.14. The van der Waals surface area contributed by atoms with E-state index >= 15 is 0 Å². The van der Waals surface area contributed by atoms with Crippen LogP contribution in [0.3, 0.4) is 0 Å². The van der Waals surface area contributed by atoms with Gasteiger partial charge in [0, 0.05) is 0 Å². The van der Waals surface area contributed by atoms with Gasteiger partial charge in [-0.15, -0.1) is 0 Å². The second kappa shape index (κ2) is 10.5. The SMILES string of the molecule is CC1CCC(C(C)C)C(OC(=O)C2=NN(C(=O)OC(C)(C)C)[C@@H]([Si](C)(C)C)[C@@H]2c2ccccc2)C1. The maximum atomic E-state index is 13.8. The average molecular weight is 501 g/mol. The number of carbonyl (C=O) groups excluding carboxylic acids is 2. The van der Waals surface area contributed by atoms with Crippen LogP contribution < -0.4 is 0 Å². The minimum absolute atomic E-state index is 0.133. The summed E-state index contributed by atoms with van der Waals surface area (Å²) in [6.45, 7) is 18.8. The van der Waals surface area contributed by atoms with Gasteiger partial charge < -0.3 is 9.47 Å². The zero-order valence-corrected chi connectivity index (χ0v) is 24.0. The van der Waals surface area contributed by atoms with E-state index in [0.717, 1.165) is 24.8 Å². The highest BCUT2D eigenvalue weighted by atomic mass is 28.3. The fraction of sp³-hybridized carbons (Fsp3) is 0.679. The fourth-order valence-corrected chi connectivity index (χ4v) is 7.72. The quantitative estimate of drug-likeness (QED) is 0.336. The predicted molar refractivity (Wildman–Crippen MR) is 143 cm³/mol. The van der Waals surface area contributed by atoms with Gasteiger partial charge in [0.2, 0.25) is 0 Å². The number of hydrogen-bond donors (Lipinski definition) is 0. The fourth-order valence-electron chi connectivity index (χ4n) is 5.48. The Kier molecular flexibility index (Phi) is 8.19. The van der Waals surface area contributed by atoms with Gasteiger partial charge in [-0.2, -0.15) is 10.1 Å². The van der Waals surface area contributed by atoms with Gasteiger partial charge in [0.05, 0.1) is 19.7 Å². The summed E-state index contributed by atoms with van der Waals surface area (Å²) >= 11 is 0. The van der Waals surface area contributed by atoms with Crippen molar-refractivity contribution in [2.75, 3.05) is 0 Å². The molecule has 1 aliphatic heterocycles. The standard InChI is InChI=1S/C28H44N2O4Si/c1-18(2)21-16-15-19(3)17-22(21)33-26(31)24-23(20-13-11-10-12-14-20)25(35(7,8)9)30(29-24)27(32)34-28(4,5)6/h10-14,18-19,21-23,25H,15-17H2,1-9H3/t19?,21?,22?,23-,25+/m1/s1. The number of rotatable bonds is 5. The van der Waals surface area contributed by atoms with Crippen molar-refractivity contribution in [3.05, 3.63) is 35.9 Å². The Balaban J connectivity index is 2.01. The molecule has 0 aromatic heterocycles. The second-order valence-corrected chi connectivity index (χ2v) is 18.1. The Morgan fingerprint density at radius 3 is 2.26 bits per heavy atom. The summed E-state index contributed by atoms with van der Waals surface area (Å²) in [7, 11) is -2.05. The molecule has 35 heavy (non-hydrogen) atoms.